The van der Waals surface area contributed by atoms with Crippen molar-refractivity contribution < 1.29 is 0 Å². The van der Waals surface area contributed by atoms with E-state index in [0.29, 0.717) is 0 Å². The highest BCUT2D eigenvalue weighted by atomic mass is 15.1. The fourth-order valence-corrected chi connectivity index (χ4v) is 2.16. The molecule has 0 spiro atoms. The predicted molar refractivity (Wildman–Crippen MR) is 42.0 cm³/mol. The van der Waals surface area contributed by atoms with Crippen LogP contribution >= 0.6 is 0 Å². The Hall–Kier alpha value is -0.0800. The lowest BCUT2D eigenvalue weighted by molar-refractivity contribution is 0.379. The average Bonchev–Trinajstić information content (AvgIpc) is 2.17. The summed E-state index contributed by atoms with van der Waals surface area (Å²) < 4.78 is 0. The Kier molecular flexibility index (Phi) is 1.66. The van der Waals surface area contributed by atoms with Crippen LogP contribution in [0.25, 0.3) is 0 Å². The second-order valence-corrected chi connectivity index (χ2v) is 3.68. The number of rotatable bonds is 0. The zero-order valence-corrected chi connectivity index (χ0v) is 6.56. The maximum Gasteiger partial charge on any atom is 0.0195 e. The molecule has 2 heteroatoms. The molecule has 2 N–H and O–H groups in total. The molecule has 0 saturated carbocycles. The first kappa shape index (κ1) is 6.62. The van der Waals surface area contributed by atoms with Crippen LogP contribution in [0, 0.1) is 0 Å². The SMILES string of the molecule is CC1CC2CCC(CN2)N1. The van der Waals surface area contributed by atoms with Crippen LogP contribution in [0.4, 0.5) is 0 Å². The van der Waals surface area contributed by atoms with Crippen molar-refractivity contribution in [1.82, 2.24) is 10.6 Å². The van der Waals surface area contributed by atoms with Gasteiger partial charge in [0.2, 0.25) is 0 Å². The third-order valence-electron chi connectivity index (χ3n) is 2.67. The Morgan fingerprint density at radius 1 is 1.20 bits per heavy atom. The van der Waals surface area contributed by atoms with E-state index in [1.807, 2.05) is 0 Å². The Bertz CT molecular complexity index is 102. The third kappa shape index (κ3) is 1.18. The van der Waals surface area contributed by atoms with E-state index < -0.39 is 0 Å². The number of piperidine rings is 1. The minimum Gasteiger partial charge on any atom is -0.312 e. The van der Waals surface area contributed by atoms with Crippen LogP contribution in [0.2, 0.25) is 0 Å². The molecular weight excluding hydrogens is 124 g/mol. The van der Waals surface area contributed by atoms with Crippen molar-refractivity contribution in [2.45, 2.75) is 44.3 Å². The van der Waals surface area contributed by atoms with Gasteiger partial charge in [-0.1, -0.05) is 0 Å². The fourth-order valence-electron chi connectivity index (χ4n) is 2.16. The van der Waals surface area contributed by atoms with E-state index >= 15 is 0 Å². The number of fused-ring (bicyclic) bond motifs is 4. The third-order valence-corrected chi connectivity index (χ3v) is 2.67. The normalized spacial score (nSPS) is 47.1. The Morgan fingerprint density at radius 3 is 2.70 bits per heavy atom. The van der Waals surface area contributed by atoms with Gasteiger partial charge in [-0.15, -0.1) is 0 Å². The molecule has 10 heavy (non-hydrogen) atoms. The molecule has 0 amide bonds. The largest absolute Gasteiger partial charge is 0.312 e. The van der Waals surface area contributed by atoms with Crippen LogP contribution in [-0.2, 0) is 0 Å². The van der Waals surface area contributed by atoms with Gasteiger partial charge in [-0.3, -0.25) is 0 Å². The second-order valence-electron chi connectivity index (χ2n) is 3.68. The van der Waals surface area contributed by atoms with Gasteiger partial charge in [0.1, 0.15) is 0 Å². The molecule has 3 rings (SSSR count). The van der Waals surface area contributed by atoms with Crippen molar-refractivity contribution in [3.63, 3.8) is 0 Å². The minimum absolute atomic E-state index is 0.729. The van der Waals surface area contributed by atoms with Crippen LogP contribution in [0.1, 0.15) is 26.2 Å². The van der Waals surface area contributed by atoms with Crippen LogP contribution in [0.15, 0.2) is 0 Å². The Labute approximate surface area is 62.4 Å². The summed E-state index contributed by atoms with van der Waals surface area (Å²) in [5.74, 6) is 0. The van der Waals surface area contributed by atoms with Crippen molar-refractivity contribution in [1.29, 1.82) is 0 Å². The summed E-state index contributed by atoms with van der Waals surface area (Å²) in [6.45, 7) is 3.48. The van der Waals surface area contributed by atoms with Crippen molar-refractivity contribution >= 4 is 0 Å². The first-order valence-corrected chi connectivity index (χ1v) is 4.34. The van der Waals surface area contributed by atoms with Crippen LogP contribution in [0.3, 0.4) is 0 Å². The van der Waals surface area contributed by atoms with Crippen molar-refractivity contribution in [3.8, 4) is 0 Å². The second kappa shape index (κ2) is 2.51. The molecule has 3 unspecified atom stereocenters. The summed E-state index contributed by atoms with van der Waals surface area (Å²) in [5, 5.41) is 7.16. The molecular formula is C8H16N2. The first-order chi connectivity index (χ1) is 4.84. The van der Waals surface area contributed by atoms with Gasteiger partial charge in [0.05, 0.1) is 0 Å². The highest BCUT2D eigenvalue weighted by molar-refractivity contribution is 4.89. The molecule has 3 aliphatic heterocycles. The predicted octanol–water partition coefficient (Wildman–Crippen LogP) is 0.489. The van der Waals surface area contributed by atoms with E-state index in [-0.39, 0.29) is 0 Å². The highest BCUT2D eigenvalue weighted by Gasteiger charge is 2.26. The standard InChI is InChI=1S/C8H16N2/c1-6-4-7-2-3-8(10-6)5-9-7/h6-10H,2-5H2,1H3. The van der Waals surface area contributed by atoms with Gasteiger partial charge >= 0.3 is 0 Å². The zero-order valence-electron chi connectivity index (χ0n) is 6.56. The van der Waals surface area contributed by atoms with Gasteiger partial charge in [-0.05, 0) is 26.2 Å². The molecule has 58 valence electrons. The lowest BCUT2D eigenvalue weighted by Gasteiger charge is -2.24. The van der Waals surface area contributed by atoms with Gasteiger partial charge in [0.25, 0.3) is 0 Å². The molecule has 3 heterocycles. The molecule has 3 aliphatic rings. The molecule has 3 atom stereocenters. The summed E-state index contributed by atoms with van der Waals surface area (Å²) in [6, 6.07) is 2.29. The zero-order chi connectivity index (χ0) is 6.97. The van der Waals surface area contributed by atoms with E-state index in [0.717, 1.165) is 18.1 Å². The van der Waals surface area contributed by atoms with Gasteiger partial charge < -0.3 is 10.6 Å². The van der Waals surface area contributed by atoms with E-state index in [2.05, 4.69) is 17.6 Å². The average molecular weight is 140 g/mol. The quantitative estimate of drug-likeness (QED) is 0.511. The summed E-state index contributed by atoms with van der Waals surface area (Å²) in [7, 11) is 0. The van der Waals surface area contributed by atoms with E-state index in [1.165, 1.54) is 25.8 Å². The lowest BCUT2D eigenvalue weighted by atomic mass is 10.0. The van der Waals surface area contributed by atoms with Gasteiger partial charge in [0, 0.05) is 24.7 Å². The molecule has 2 bridgehead atoms. The van der Waals surface area contributed by atoms with Crippen LogP contribution < -0.4 is 10.6 Å². The maximum atomic E-state index is 3.61. The molecule has 0 aromatic carbocycles. The molecule has 0 aliphatic carbocycles. The number of hydrogen-bond acceptors (Lipinski definition) is 2. The van der Waals surface area contributed by atoms with Crippen molar-refractivity contribution in [2.75, 3.05) is 6.54 Å². The number of hydrogen-bond donors (Lipinski definition) is 2. The van der Waals surface area contributed by atoms with E-state index in [4.69, 9.17) is 0 Å². The smallest absolute Gasteiger partial charge is 0.0195 e. The van der Waals surface area contributed by atoms with Gasteiger partial charge in [-0.25, -0.2) is 0 Å². The van der Waals surface area contributed by atoms with Gasteiger partial charge in [-0.2, -0.15) is 0 Å². The molecule has 3 fully saturated rings. The van der Waals surface area contributed by atoms with Crippen molar-refractivity contribution in [3.05, 3.63) is 0 Å². The number of nitrogens with one attached hydrogen (secondary N) is 2. The van der Waals surface area contributed by atoms with E-state index in [1.54, 1.807) is 0 Å². The van der Waals surface area contributed by atoms with Crippen molar-refractivity contribution in [2.24, 2.45) is 0 Å². The van der Waals surface area contributed by atoms with Crippen LogP contribution in [-0.4, -0.2) is 24.7 Å². The summed E-state index contributed by atoms with van der Waals surface area (Å²) in [4.78, 5) is 0. The Morgan fingerprint density at radius 2 is 2.00 bits per heavy atom. The highest BCUT2D eigenvalue weighted by Crippen LogP contribution is 2.17. The molecule has 3 saturated heterocycles. The Balaban J connectivity index is 2.05. The fraction of sp³-hybridized carbons (Fsp3) is 1.00. The first-order valence-electron chi connectivity index (χ1n) is 4.34. The summed E-state index contributed by atoms with van der Waals surface area (Å²) in [6.07, 6.45) is 4.07. The van der Waals surface area contributed by atoms with Gasteiger partial charge in [0.15, 0.2) is 0 Å². The molecule has 2 nitrogen and oxygen atoms in total. The molecule has 0 aromatic rings. The summed E-state index contributed by atoms with van der Waals surface area (Å²) in [5.41, 5.74) is 0. The maximum absolute atomic E-state index is 3.61. The molecule has 0 aromatic heterocycles. The molecule has 0 radical (unpaired) electrons. The monoisotopic (exact) mass is 140 g/mol. The topological polar surface area (TPSA) is 24.1 Å². The van der Waals surface area contributed by atoms with E-state index in [9.17, 15) is 0 Å². The van der Waals surface area contributed by atoms with Crippen LogP contribution in [0.5, 0.6) is 0 Å². The lowest BCUT2D eigenvalue weighted by Crippen LogP contribution is -2.43. The summed E-state index contributed by atoms with van der Waals surface area (Å²) >= 11 is 0. The minimum atomic E-state index is 0.729.